The Balaban J connectivity index is 2.44. The Morgan fingerprint density at radius 3 is 2.47 bits per heavy atom. The Labute approximate surface area is 111 Å². The third-order valence-electron chi connectivity index (χ3n) is 3.40. The van der Waals surface area contributed by atoms with Crippen molar-refractivity contribution in [3.63, 3.8) is 0 Å². The molecule has 0 radical (unpaired) electrons. The number of hydrogen-bond donors (Lipinski definition) is 0. The molecule has 96 valence electrons. The van der Waals surface area contributed by atoms with Gasteiger partial charge in [-0.3, -0.25) is 14.5 Å². The number of likely N-dealkylation sites (tertiary alicyclic amines) is 1. The van der Waals surface area contributed by atoms with Crippen molar-refractivity contribution in [2.75, 3.05) is 7.05 Å². The molecule has 0 saturated carbocycles. The van der Waals surface area contributed by atoms with Crippen LogP contribution in [0.3, 0.4) is 0 Å². The fourth-order valence-corrected chi connectivity index (χ4v) is 2.18. The molecule has 4 nitrogen and oxygen atoms in total. The summed E-state index contributed by atoms with van der Waals surface area (Å²) in [6.07, 6.45) is 1.75. The molecule has 1 fully saturated rings. The number of piperidine rings is 1. The number of hydrogen-bond acceptors (Lipinski definition) is 3. The van der Waals surface area contributed by atoms with E-state index in [0.717, 1.165) is 10.5 Å². The molecule has 0 unspecified atom stereocenters. The summed E-state index contributed by atoms with van der Waals surface area (Å²) in [5.74, 6) is -1.93. The van der Waals surface area contributed by atoms with Gasteiger partial charge in [0.15, 0.2) is 0 Å². The van der Waals surface area contributed by atoms with Gasteiger partial charge in [-0.05, 0) is 11.6 Å². The van der Waals surface area contributed by atoms with Gasteiger partial charge in [-0.15, -0.1) is 0 Å². The number of carbonyl (C=O) groups excluding carboxylic acids is 2. The van der Waals surface area contributed by atoms with E-state index in [4.69, 9.17) is 5.26 Å². The van der Waals surface area contributed by atoms with Crippen molar-refractivity contribution >= 4 is 17.9 Å². The van der Waals surface area contributed by atoms with Crippen molar-refractivity contribution in [3.8, 4) is 6.07 Å². The van der Waals surface area contributed by atoms with Crippen LogP contribution in [-0.2, 0) is 9.59 Å². The number of likely N-dealkylation sites (N-methyl/N-ethyl adjacent to an activating group) is 1. The lowest BCUT2D eigenvalue weighted by Crippen LogP contribution is -2.47. The van der Waals surface area contributed by atoms with E-state index in [0.29, 0.717) is 5.57 Å². The number of benzene rings is 1. The Bertz CT molecular complexity index is 584. The minimum absolute atomic E-state index is 0.326. The lowest BCUT2D eigenvalue weighted by atomic mass is 9.82. The summed E-state index contributed by atoms with van der Waals surface area (Å²) in [4.78, 5) is 25.0. The van der Waals surface area contributed by atoms with Gasteiger partial charge in [0.2, 0.25) is 5.91 Å². The minimum atomic E-state index is -0.794. The first-order valence-corrected chi connectivity index (χ1v) is 6.04. The Morgan fingerprint density at radius 1 is 1.26 bits per heavy atom. The number of carbonyl (C=O) groups is 2. The fraction of sp³-hybridized carbons (Fsp3) is 0.267. The SMILES string of the molecule is C[C@H]1/C(=C\c2ccccc2)C(=O)N(C)C(=O)[C@@H]1C#N. The van der Waals surface area contributed by atoms with Crippen molar-refractivity contribution in [2.24, 2.45) is 11.8 Å². The predicted molar refractivity (Wildman–Crippen MR) is 70.5 cm³/mol. The molecular weight excluding hydrogens is 240 g/mol. The Hall–Kier alpha value is -2.41. The van der Waals surface area contributed by atoms with Crippen molar-refractivity contribution in [3.05, 3.63) is 41.5 Å². The third kappa shape index (κ3) is 2.27. The van der Waals surface area contributed by atoms with Gasteiger partial charge in [0, 0.05) is 18.5 Å². The van der Waals surface area contributed by atoms with Crippen LogP contribution in [0.25, 0.3) is 6.08 Å². The molecule has 0 spiro atoms. The summed E-state index contributed by atoms with van der Waals surface area (Å²) in [5, 5.41) is 9.08. The number of nitriles is 1. The molecule has 2 atom stereocenters. The zero-order valence-electron chi connectivity index (χ0n) is 10.8. The highest BCUT2D eigenvalue weighted by Crippen LogP contribution is 2.30. The van der Waals surface area contributed by atoms with Crippen LogP contribution in [0.5, 0.6) is 0 Å². The van der Waals surface area contributed by atoms with E-state index in [2.05, 4.69) is 0 Å². The van der Waals surface area contributed by atoms with Crippen LogP contribution in [0, 0.1) is 23.2 Å². The van der Waals surface area contributed by atoms with Crippen LogP contribution in [0.15, 0.2) is 35.9 Å². The minimum Gasteiger partial charge on any atom is -0.281 e. The van der Waals surface area contributed by atoms with Crippen LogP contribution in [0.2, 0.25) is 0 Å². The fourth-order valence-electron chi connectivity index (χ4n) is 2.18. The van der Waals surface area contributed by atoms with E-state index in [1.165, 1.54) is 7.05 Å². The normalized spacial score (nSPS) is 25.5. The average molecular weight is 254 g/mol. The molecule has 0 bridgehead atoms. The number of imide groups is 1. The number of rotatable bonds is 1. The summed E-state index contributed by atoms with van der Waals surface area (Å²) in [7, 11) is 1.42. The average Bonchev–Trinajstić information content (AvgIpc) is 2.43. The van der Waals surface area contributed by atoms with Gasteiger partial charge >= 0.3 is 0 Å². The zero-order valence-corrected chi connectivity index (χ0v) is 10.8. The monoisotopic (exact) mass is 254 g/mol. The summed E-state index contributed by atoms with van der Waals surface area (Å²) < 4.78 is 0. The molecule has 1 aromatic carbocycles. The topological polar surface area (TPSA) is 61.2 Å². The Kier molecular flexibility index (Phi) is 3.48. The summed E-state index contributed by atoms with van der Waals surface area (Å²) in [5.41, 5.74) is 1.39. The highest BCUT2D eigenvalue weighted by molar-refractivity contribution is 6.11. The molecular formula is C15H14N2O2. The van der Waals surface area contributed by atoms with Crippen LogP contribution in [0.4, 0.5) is 0 Å². The maximum Gasteiger partial charge on any atom is 0.256 e. The second kappa shape index (κ2) is 5.07. The zero-order chi connectivity index (χ0) is 14.0. The standard InChI is InChI=1S/C15H14N2O2/c1-10-12(8-11-6-4-3-5-7-11)14(18)17(2)15(19)13(10)9-16/h3-8,10,13H,1-2H3/b12-8+/t10-,13+/m0/s1. The van der Waals surface area contributed by atoms with Gasteiger partial charge < -0.3 is 0 Å². The quantitative estimate of drug-likeness (QED) is 0.567. The highest BCUT2D eigenvalue weighted by atomic mass is 16.2. The van der Waals surface area contributed by atoms with Crippen molar-refractivity contribution in [1.82, 2.24) is 4.90 Å². The van der Waals surface area contributed by atoms with Crippen molar-refractivity contribution < 1.29 is 9.59 Å². The van der Waals surface area contributed by atoms with E-state index < -0.39 is 11.8 Å². The van der Waals surface area contributed by atoms with Gasteiger partial charge in [0.25, 0.3) is 5.91 Å². The van der Waals surface area contributed by atoms with E-state index in [9.17, 15) is 9.59 Å². The molecule has 1 aromatic rings. The van der Waals surface area contributed by atoms with Crippen molar-refractivity contribution in [1.29, 1.82) is 5.26 Å². The molecule has 2 rings (SSSR count). The maximum absolute atomic E-state index is 12.1. The summed E-state index contributed by atoms with van der Waals surface area (Å²) in [6, 6.07) is 11.4. The van der Waals surface area contributed by atoms with E-state index >= 15 is 0 Å². The largest absolute Gasteiger partial charge is 0.281 e. The molecule has 2 amide bonds. The predicted octanol–water partition coefficient (Wildman–Crippen LogP) is 1.84. The molecule has 4 heteroatoms. The first-order chi connectivity index (χ1) is 9.06. The van der Waals surface area contributed by atoms with Crippen LogP contribution in [0.1, 0.15) is 12.5 Å². The maximum atomic E-state index is 12.1. The van der Waals surface area contributed by atoms with Crippen LogP contribution < -0.4 is 0 Å². The molecule has 1 heterocycles. The molecule has 0 N–H and O–H groups in total. The first-order valence-electron chi connectivity index (χ1n) is 6.04. The lowest BCUT2D eigenvalue weighted by Gasteiger charge is -2.31. The van der Waals surface area contributed by atoms with E-state index in [1.54, 1.807) is 13.0 Å². The molecule has 1 aliphatic rings. The molecule has 0 aromatic heterocycles. The third-order valence-corrected chi connectivity index (χ3v) is 3.40. The van der Waals surface area contributed by atoms with Gasteiger partial charge in [0.05, 0.1) is 6.07 Å². The van der Waals surface area contributed by atoms with Crippen LogP contribution in [-0.4, -0.2) is 23.8 Å². The molecule has 1 aliphatic heterocycles. The summed E-state index contributed by atoms with van der Waals surface area (Å²) >= 11 is 0. The summed E-state index contributed by atoms with van der Waals surface area (Å²) in [6.45, 7) is 1.74. The van der Waals surface area contributed by atoms with Gasteiger partial charge in [-0.1, -0.05) is 37.3 Å². The smallest absolute Gasteiger partial charge is 0.256 e. The highest BCUT2D eigenvalue weighted by Gasteiger charge is 2.40. The van der Waals surface area contributed by atoms with Crippen LogP contribution >= 0.6 is 0 Å². The van der Waals surface area contributed by atoms with E-state index in [1.807, 2.05) is 36.4 Å². The second-order valence-electron chi connectivity index (χ2n) is 4.61. The second-order valence-corrected chi connectivity index (χ2v) is 4.61. The van der Waals surface area contributed by atoms with E-state index in [-0.39, 0.29) is 11.8 Å². The molecule has 19 heavy (non-hydrogen) atoms. The van der Waals surface area contributed by atoms with Gasteiger partial charge in [-0.25, -0.2) is 0 Å². The molecule has 1 saturated heterocycles. The Morgan fingerprint density at radius 2 is 1.89 bits per heavy atom. The number of amides is 2. The number of nitrogens with zero attached hydrogens (tertiary/aromatic N) is 2. The lowest BCUT2D eigenvalue weighted by molar-refractivity contribution is -0.146. The van der Waals surface area contributed by atoms with Crippen molar-refractivity contribution in [2.45, 2.75) is 6.92 Å². The van der Waals surface area contributed by atoms with Gasteiger partial charge in [0.1, 0.15) is 5.92 Å². The molecule has 0 aliphatic carbocycles. The van der Waals surface area contributed by atoms with Gasteiger partial charge in [-0.2, -0.15) is 5.26 Å². The first kappa shape index (κ1) is 13.0.